The quantitative estimate of drug-likeness (QED) is 0.321. The molecule has 1 fully saturated rings. The number of aromatic hydroxyl groups is 1. The van der Waals surface area contributed by atoms with E-state index in [9.17, 15) is 9.90 Å². The Morgan fingerprint density at radius 1 is 1.11 bits per heavy atom. The second-order valence-corrected chi connectivity index (χ2v) is 9.21. The highest BCUT2D eigenvalue weighted by atomic mass is 16.3. The molecule has 8 heteroatoms. The average molecular weight is 483 g/mol. The van der Waals surface area contributed by atoms with Crippen molar-refractivity contribution in [1.82, 2.24) is 15.0 Å². The molecule has 0 aliphatic carbocycles. The fourth-order valence-electron chi connectivity index (χ4n) is 4.34. The van der Waals surface area contributed by atoms with Gasteiger partial charge < -0.3 is 20.6 Å². The molecule has 0 unspecified atom stereocenters. The predicted octanol–water partition coefficient (Wildman–Crippen LogP) is 5.46. The van der Waals surface area contributed by atoms with Crippen molar-refractivity contribution >= 4 is 34.3 Å². The summed E-state index contributed by atoms with van der Waals surface area (Å²) in [7, 11) is 0. The molecular weight excluding hydrogens is 452 g/mol. The maximum absolute atomic E-state index is 13.0. The molecule has 8 nitrogen and oxygen atoms in total. The van der Waals surface area contributed by atoms with Crippen LogP contribution in [0.15, 0.2) is 60.9 Å². The van der Waals surface area contributed by atoms with Crippen molar-refractivity contribution in [3.05, 3.63) is 66.5 Å². The van der Waals surface area contributed by atoms with E-state index in [-0.39, 0.29) is 17.7 Å². The van der Waals surface area contributed by atoms with Crippen LogP contribution < -0.4 is 15.5 Å². The van der Waals surface area contributed by atoms with Crippen molar-refractivity contribution in [2.45, 2.75) is 39.2 Å². The molecular formula is C28H30N6O2. The highest BCUT2D eigenvalue weighted by Gasteiger charge is 2.16. The van der Waals surface area contributed by atoms with Crippen molar-refractivity contribution in [3.8, 4) is 16.9 Å². The van der Waals surface area contributed by atoms with Crippen molar-refractivity contribution in [2.75, 3.05) is 28.6 Å². The highest BCUT2D eigenvalue weighted by Crippen LogP contribution is 2.34. The zero-order chi connectivity index (χ0) is 25.1. The number of fused-ring (bicyclic) bond motifs is 1. The second kappa shape index (κ2) is 10.2. The topological polar surface area (TPSA) is 103 Å². The summed E-state index contributed by atoms with van der Waals surface area (Å²) in [6, 6.07) is 14.8. The predicted molar refractivity (Wildman–Crippen MR) is 144 cm³/mol. The molecule has 1 aliphatic rings. The smallest absolute Gasteiger partial charge is 0.255 e. The lowest BCUT2D eigenvalue weighted by atomic mass is 10.0. The highest BCUT2D eigenvalue weighted by molar-refractivity contribution is 6.05. The molecule has 0 spiro atoms. The van der Waals surface area contributed by atoms with Crippen molar-refractivity contribution in [2.24, 2.45) is 0 Å². The zero-order valence-corrected chi connectivity index (χ0v) is 20.5. The zero-order valence-electron chi connectivity index (χ0n) is 20.5. The first kappa shape index (κ1) is 23.5. The Morgan fingerprint density at radius 3 is 2.75 bits per heavy atom. The minimum Gasteiger partial charge on any atom is -0.507 e. The molecule has 2 aromatic carbocycles. The van der Waals surface area contributed by atoms with Crippen LogP contribution in [0.5, 0.6) is 5.75 Å². The van der Waals surface area contributed by atoms with Crippen LogP contribution in [0.25, 0.3) is 22.0 Å². The summed E-state index contributed by atoms with van der Waals surface area (Å²) in [6.45, 7) is 6.10. The molecule has 1 atom stereocenters. The number of phenolic OH excluding ortho intramolecular Hbond substituents is 1. The van der Waals surface area contributed by atoms with Crippen LogP contribution in [0.2, 0.25) is 0 Å². The number of amides is 1. The van der Waals surface area contributed by atoms with E-state index in [1.54, 1.807) is 24.5 Å². The van der Waals surface area contributed by atoms with Crippen molar-refractivity contribution < 1.29 is 9.90 Å². The first-order valence-corrected chi connectivity index (χ1v) is 12.4. The van der Waals surface area contributed by atoms with Crippen LogP contribution in [-0.2, 0) is 0 Å². The number of carbonyl (C=O) groups is 1. The summed E-state index contributed by atoms with van der Waals surface area (Å²) in [5, 5.41) is 17.8. The van der Waals surface area contributed by atoms with Gasteiger partial charge in [0.05, 0.1) is 5.52 Å². The Morgan fingerprint density at radius 2 is 1.94 bits per heavy atom. The molecule has 1 aliphatic heterocycles. The van der Waals surface area contributed by atoms with Crippen LogP contribution in [0.3, 0.4) is 0 Å². The number of anilines is 3. The minimum atomic E-state index is -0.201. The second-order valence-electron chi connectivity index (χ2n) is 9.21. The molecule has 1 saturated heterocycles. The third-order valence-electron chi connectivity index (χ3n) is 6.55. The molecule has 3 heterocycles. The molecule has 36 heavy (non-hydrogen) atoms. The van der Waals surface area contributed by atoms with Gasteiger partial charge in [-0.2, -0.15) is 0 Å². The number of pyridine rings is 1. The number of nitrogens with one attached hydrogen (secondary N) is 2. The van der Waals surface area contributed by atoms with Gasteiger partial charge in [0.25, 0.3) is 5.91 Å². The number of hydrogen-bond donors (Lipinski definition) is 3. The van der Waals surface area contributed by atoms with Gasteiger partial charge in [-0.05, 0) is 62.1 Å². The van der Waals surface area contributed by atoms with E-state index in [0.29, 0.717) is 28.3 Å². The van der Waals surface area contributed by atoms with E-state index < -0.39 is 0 Å². The largest absolute Gasteiger partial charge is 0.507 e. The Labute approximate surface area is 210 Å². The lowest BCUT2D eigenvalue weighted by Crippen LogP contribution is -2.20. The molecule has 5 rings (SSSR count). The fourth-order valence-corrected chi connectivity index (χ4v) is 4.34. The monoisotopic (exact) mass is 482 g/mol. The SMILES string of the molecule is CC[C@H](C)Nc1ncc2cc(-c3cccc(NC(=O)c4ccnc(N5CCCC5)c4)c3)c(O)cc2n1. The van der Waals surface area contributed by atoms with E-state index in [1.165, 1.54) is 0 Å². The fraction of sp³-hybridized carbons (Fsp3) is 0.286. The number of aromatic nitrogens is 3. The Bertz CT molecular complexity index is 1400. The van der Waals surface area contributed by atoms with E-state index in [2.05, 4.69) is 44.3 Å². The number of nitrogens with zero attached hydrogens (tertiary/aromatic N) is 4. The Hall–Kier alpha value is -4.20. The number of rotatable bonds is 7. The van der Waals surface area contributed by atoms with E-state index >= 15 is 0 Å². The van der Waals surface area contributed by atoms with Crippen LogP contribution in [-0.4, -0.2) is 45.1 Å². The van der Waals surface area contributed by atoms with Gasteiger partial charge in [0, 0.05) is 59.8 Å². The molecule has 3 N–H and O–H groups in total. The molecule has 0 radical (unpaired) electrons. The third kappa shape index (κ3) is 5.07. The maximum Gasteiger partial charge on any atom is 0.255 e. The Balaban J connectivity index is 1.37. The van der Waals surface area contributed by atoms with E-state index in [0.717, 1.165) is 49.1 Å². The average Bonchev–Trinajstić information content (AvgIpc) is 3.44. The van der Waals surface area contributed by atoms with Gasteiger partial charge in [-0.15, -0.1) is 0 Å². The number of hydrogen-bond acceptors (Lipinski definition) is 7. The molecule has 4 aromatic rings. The van der Waals surface area contributed by atoms with Gasteiger partial charge >= 0.3 is 0 Å². The van der Waals surface area contributed by atoms with Crippen molar-refractivity contribution in [3.63, 3.8) is 0 Å². The maximum atomic E-state index is 13.0. The molecule has 1 amide bonds. The summed E-state index contributed by atoms with van der Waals surface area (Å²) in [6.07, 6.45) is 6.68. The Kier molecular flexibility index (Phi) is 6.66. The first-order valence-electron chi connectivity index (χ1n) is 12.4. The van der Waals surface area contributed by atoms with Gasteiger partial charge in [0.15, 0.2) is 0 Å². The van der Waals surface area contributed by atoms with Crippen LogP contribution >= 0.6 is 0 Å². The van der Waals surface area contributed by atoms with Gasteiger partial charge in [-0.3, -0.25) is 4.79 Å². The van der Waals surface area contributed by atoms with Gasteiger partial charge in [0.2, 0.25) is 5.95 Å². The number of carbonyl (C=O) groups excluding carboxylic acids is 1. The minimum absolute atomic E-state index is 0.114. The third-order valence-corrected chi connectivity index (χ3v) is 6.55. The van der Waals surface area contributed by atoms with Crippen LogP contribution in [0, 0.1) is 0 Å². The van der Waals surface area contributed by atoms with Gasteiger partial charge in [0.1, 0.15) is 11.6 Å². The normalized spacial score (nSPS) is 14.1. The summed E-state index contributed by atoms with van der Waals surface area (Å²) in [5.74, 6) is 1.29. The van der Waals surface area contributed by atoms with Crippen molar-refractivity contribution in [1.29, 1.82) is 0 Å². The number of phenols is 1. The lowest BCUT2D eigenvalue weighted by Gasteiger charge is -2.16. The van der Waals surface area contributed by atoms with Crippen LogP contribution in [0.4, 0.5) is 17.5 Å². The summed E-state index contributed by atoms with van der Waals surface area (Å²) < 4.78 is 0. The number of benzene rings is 2. The summed E-state index contributed by atoms with van der Waals surface area (Å²) in [5.41, 5.74) is 3.28. The van der Waals surface area contributed by atoms with Crippen LogP contribution in [0.1, 0.15) is 43.5 Å². The molecule has 0 saturated carbocycles. The standard InChI is InChI=1S/C28H30N6O2/c1-3-18(2)31-28-30-17-21-14-23(25(35)16-24(21)33-28)19-7-6-8-22(13-19)32-27(36)20-9-10-29-26(15-20)34-11-4-5-12-34/h6-10,13-18,35H,3-5,11-12H2,1-2H3,(H,32,36)(H,30,31,33)/t18-/m0/s1. The van der Waals surface area contributed by atoms with Gasteiger partial charge in [-0.25, -0.2) is 15.0 Å². The summed E-state index contributed by atoms with van der Waals surface area (Å²) in [4.78, 5) is 28.6. The van der Waals surface area contributed by atoms with E-state index in [1.807, 2.05) is 36.4 Å². The van der Waals surface area contributed by atoms with Gasteiger partial charge in [-0.1, -0.05) is 19.1 Å². The molecule has 0 bridgehead atoms. The molecule has 184 valence electrons. The summed E-state index contributed by atoms with van der Waals surface area (Å²) >= 11 is 0. The lowest BCUT2D eigenvalue weighted by molar-refractivity contribution is 0.102. The first-order chi connectivity index (χ1) is 17.5. The molecule has 2 aromatic heterocycles. The van der Waals surface area contributed by atoms with E-state index in [4.69, 9.17) is 0 Å².